The summed E-state index contributed by atoms with van der Waals surface area (Å²) in [7, 11) is 0. The molecule has 0 aliphatic rings. The highest BCUT2D eigenvalue weighted by molar-refractivity contribution is 5.93. The van der Waals surface area contributed by atoms with Gasteiger partial charge in [0.25, 0.3) is 0 Å². The van der Waals surface area contributed by atoms with Gasteiger partial charge < -0.3 is 10.7 Å². The lowest BCUT2D eigenvalue weighted by Crippen LogP contribution is -2.03. The zero-order valence-corrected chi connectivity index (χ0v) is 13.1. The van der Waals surface area contributed by atoms with Crippen LogP contribution in [0.3, 0.4) is 0 Å². The molecule has 3 rings (SSSR count). The van der Waals surface area contributed by atoms with E-state index in [-0.39, 0.29) is 0 Å². The van der Waals surface area contributed by atoms with Gasteiger partial charge in [-0.15, -0.1) is 0 Å². The molecule has 0 spiro atoms. The van der Waals surface area contributed by atoms with Crippen LogP contribution in [0.1, 0.15) is 27.9 Å². The molecule has 0 aliphatic heterocycles. The Labute approximate surface area is 137 Å². The van der Waals surface area contributed by atoms with Gasteiger partial charge in [-0.3, -0.25) is 0 Å². The smallest absolute Gasteiger partial charge is 0.358 e. The summed E-state index contributed by atoms with van der Waals surface area (Å²) in [5.74, 6) is 0. The van der Waals surface area contributed by atoms with Crippen molar-refractivity contribution in [2.24, 2.45) is 5.73 Å². The normalized spacial score (nSPS) is 12.4. The van der Waals surface area contributed by atoms with E-state index in [4.69, 9.17) is 5.73 Å². The van der Waals surface area contributed by atoms with Gasteiger partial charge in [-0.2, -0.15) is 13.2 Å². The lowest BCUT2D eigenvalue weighted by atomic mass is 10.0. The molecule has 0 atom stereocenters. The number of nitrogens with two attached hydrogens (primary N) is 1. The Balaban J connectivity index is 1.93. The van der Waals surface area contributed by atoms with E-state index in [2.05, 4.69) is 4.98 Å². The van der Waals surface area contributed by atoms with E-state index in [0.29, 0.717) is 12.1 Å². The summed E-state index contributed by atoms with van der Waals surface area (Å²) in [6.07, 6.45) is -0.604. The summed E-state index contributed by atoms with van der Waals surface area (Å²) in [6.45, 7) is 2.42. The van der Waals surface area contributed by atoms with Crippen LogP contribution in [0.2, 0.25) is 0 Å². The number of aromatic nitrogens is 1. The quantitative estimate of drug-likeness (QED) is 0.643. The number of aromatic amines is 1. The van der Waals surface area contributed by atoms with Crippen molar-refractivity contribution in [2.45, 2.75) is 19.6 Å². The number of nitrogens with one attached hydrogen (secondary N) is 1. The number of rotatable bonds is 3. The minimum absolute atomic E-state index is 0.444. The molecule has 0 fully saturated rings. The number of hydrogen-bond acceptors (Lipinski definition) is 1. The molecule has 1 heterocycles. The molecular weight excluding hydrogens is 313 g/mol. The highest BCUT2D eigenvalue weighted by Gasteiger charge is 2.29. The first-order chi connectivity index (χ1) is 11.4. The molecule has 5 heteroatoms. The zero-order chi connectivity index (χ0) is 17.3. The highest BCUT2D eigenvalue weighted by atomic mass is 19.4. The van der Waals surface area contributed by atoms with Gasteiger partial charge in [0.15, 0.2) is 0 Å². The summed E-state index contributed by atoms with van der Waals surface area (Å²) in [4.78, 5) is 3.30. The van der Waals surface area contributed by atoms with Crippen molar-refractivity contribution >= 4 is 23.1 Å². The van der Waals surface area contributed by atoms with Gasteiger partial charge in [-0.1, -0.05) is 36.4 Å². The molecule has 0 radical (unpaired) electrons. The predicted molar refractivity (Wildman–Crippen MR) is 91.3 cm³/mol. The fourth-order valence-corrected chi connectivity index (χ4v) is 2.72. The van der Waals surface area contributed by atoms with Crippen LogP contribution >= 0.6 is 0 Å². The highest BCUT2D eigenvalue weighted by Crippen LogP contribution is 2.29. The van der Waals surface area contributed by atoms with Gasteiger partial charge in [0.1, 0.15) is 0 Å². The van der Waals surface area contributed by atoms with Crippen LogP contribution in [0.25, 0.3) is 23.1 Å². The van der Waals surface area contributed by atoms with Gasteiger partial charge in [0.05, 0.1) is 11.1 Å². The number of alkyl halides is 3. The minimum Gasteiger partial charge on any atom is -0.358 e. The molecule has 2 nitrogen and oxygen atoms in total. The molecule has 24 heavy (non-hydrogen) atoms. The molecule has 0 aliphatic carbocycles. The van der Waals surface area contributed by atoms with Crippen molar-refractivity contribution in [1.82, 2.24) is 4.98 Å². The van der Waals surface area contributed by atoms with Crippen molar-refractivity contribution < 1.29 is 13.2 Å². The first-order valence-corrected chi connectivity index (χ1v) is 7.55. The van der Waals surface area contributed by atoms with Gasteiger partial charge in [-0.05, 0) is 41.8 Å². The van der Waals surface area contributed by atoms with E-state index >= 15 is 0 Å². The van der Waals surface area contributed by atoms with E-state index in [1.807, 2.05) is 31.2 Å². The van der Waals surface area contributed by atoms with Gasteiger partial charge >= 0.3 is 6.18 Å². The van der Waals surface area contributed by atoms with Crippen molar-refractivity contribution in [3.05, 3.63) is 70.4 Å². The van der Waals surface area contributed by atoms with Crippen LogP contribution < -0.4 is 5.73 Å². The number of H-pyrrole nitrogens is 1. The number of halogens is 3. The first kappa shape index (κ1) is 16.3. The second-order valence-electron chi connectivity index (χ2n) is 5.71. The summed E-state index contributed by atoms with van der Waals surface area (Å²) in [5, 5.41) is 1.05. The van der Waals surface area contributed by atoms with Crippen LogP contribution in [0.4, 0.5) is 13.2 Å². The number of hydrogen-bond donors (Lipinski definition) is 2. The average Bonchev–Trinajstić information content (AvgIpc) is 2.93. The third-order valence-electron chi connectivity index (χ3n) is 3.96. The monoisotopic (exact) mass is 330 g/mol. The van der Waals surface area contributed by atoms with Crippen molar-refractivity contribution in [3.8, 4) is 0 Å². The lowest BCUT2D eigenvalue weighted by Gasteiger charge is -2.06. The zero-order valence-electron chi connectivity index (χ0n) is 13.1. The fraction of sp³-hybridized carbons (Fsp3) is 0.158. The van der Waals surface area contributed by atoms with Gasteiger partial charge in [-0.25, -0.2) is 0 Å². The molecular formula is C19H17F3N2. The van der Waals surface area contributed by atoms with Crippen molar-refractivity contribution in [1.29, 1.82) is 0 Å². The first-order valence-electron chi connectivity index (χ1n) is 7.55. The maximum absolute atomic E-state index is 12.6. The largest absolute Gasteiger partial charge is 0.416 e. The summed E-state index contributed by atoms with van der Waals surface area (Å²) in [6, 6.07) is 11.1. The third kappa shape index (κ3) is 3.21. The molecule has 3 N–H and O–H groups in total. The fourth-order valence-electron chi connectivity index (χ4n) is 2.72. The predicted octanol–water partition coefficient (Wildman–Crippen LogP) is 5.12. The standard InChI is InChI=1S/C19H17F3N2/c1-12-10-17-14(6-7-15(11-23)18(17)24-12)5-2-13-3-8-16(9-4-13)19(20,21)22/h2-10,24H,11,23H2,1H3/b5-2+. The second kappa shape index (κ2) is 6.17. The van der Waals surface area contributed by atoms with Gasteiger partial charge in [0, 0.05) is 17.6 Å². The Morgan fingerprint density at radius 3 is 2.38 bits per heavy atom. The van der Waals surface area contributed by atoms with Crippen LogP contribution in [-0.4, -0.2) is 4.98 Å². The van der Waals surface area contributed by atoms with Crippen molar-refractivity contribution in [3.63, 3.8) is 0 Å². The molecule has 1 aromatic heterocycles. The van der Waals surface area contributed by atoms with Crippen LogP contribution in [0.5, 0.6) is 0 Å². The topological polar surface area (TPSA) is 41.8 Å². The number of fused-ring (bicyclic) bond motifs is 1. The Morgan fingerprint density at radius 1 is 1.04 bits per heavy atom. The SMILES string of the molecule is Cc1cc2c(/C=C/c3ccc(C(F)(F)F)cc3)ccc(CN)c2[nH]1. The average molecular weight is 330 g/mol. The van der Waals surface area contributed by atoms with Crippen molar-refractivity contribution in [2.75, 3.05) is 0 Å². The van der Waals surface area contributed by atoms with E-state index in [1.54, 1.807) is 6.08 Å². The number of benzene rings is 2. The Morgan fingerprint density at radius 2 is 1.75 bits per heavy atom. The van der Waals surface area contributed by atoms with E-state index in [9.17, 15) is 13.2 Å². The summed E-state index contributed by atoms with van der Waals surface area (Å²) in [5.41, 5.74) is 9.90. The molecule has 3 aromatic rings. The molecule has 2 aromatic carbocycles. The third-order valence-corrected chi connectivity index (χ3v) is 3.96. The maximum Gasteiger partial charge on any atom is 0.416 e. The number of aryl methyl sites for hydroxylation is 1. The summed E-state index contributed by atoms with van der Waals surface area (Å²) >= 11 is 0. The lowest BCUT2D eigenvalue weighted by molar-refractivity contribution is -0.137. The van der Waals surface area contributed by atoms with E-state index in [1.165, 1.54) is 12.1 Å². The molecule has 0 saturated carbocycles. The molecule has 0 amide bonds. The molecule has 0 bridgehead atoms. The Kier molecular flexibility index (Phi) is 4.20. The maximum atomic E-state index is 12.6. The molecule has 0 unspecified atom stereocenters. The van der Waals surface area contributed by atoms with Crippen LogP contribution in [-0.2, 0) is 12.7 Å². The Hall–Kier alpha value is -2.53. The van der Waals surface area contributed by atoms with E-state index in [0.717, 1.165) is 39.9 Å². The molecule has 0 saturated heterocycles. The summed E-state index contributed by atoms with van der Waals surface area (Å²) < 4.78 is 37.8. The van der Waals surface area contributed by atoms with Crippen LogP contribution in [0, 0.1) is 6.92 Å². The molecule has 124 valence electrons. The van der Waals surface area contributed by atoms with Gasteiger partial charge in [0.2, 0.25) is 0 Å². The van der Waals surface area contributed by atoms with E-state index < -0.39 is 11.7 Å². The second-order valence-corrected chi connectivity index (χ2v) is 5.71. The minimum atomic E-state index is -4.31. The van der Waals surface area contributed by atoms with Crippen LogP contribution in [0.15, 0.2) is 42.5 Å². The Bertz CT molecular complexity index is 887.